The van der Waals surface area contributed by atoms with Gasteiger partial charge in [0.25, 0.3) is 0 Å². The van der Waals surface area contributed by atoms with Crippen LogP contribution in [0.3, 0.4) is 0 Å². The molecule has 0 spiro atoms. The highest BCUT2D eigenvalue weighted by Crippen LogP contribution is 2.44. The first-order chi connectivity index (χ1) is 14.6. The summed E-state index contributed by atoms with van der Waals surface area (Å²) in [6.07, 6.45) is 5.36. The Bertz CT molecular complexity index is 1100. The molecule has 0 saturated heterocycles. The number of nitrogens with two attached hydrogens (primary N) is 1. The van der Waals surface area contributed by atoms with E-state index in [1.165, 1.54) is 6.08 Å². The average molecular weight is 453 g/mol. The van der Waals surface area contributed by atoms with E-state index in [1.54, 1.807) is 19.9 Å². The van der Waals surface area contributed by atoms with Crippen LogP contribution in [0.25, 0.3) is 0 Å². The van der Waals surface area contributed by atoms with Gasteiger partial charge < -0.3 is 15.0 Å². The standard InChI is InChI=1S/C21H20ClF3N4O2/c1-21(2,31-17-15(24)8-11(23)9-16(17)25)20-28-27-19(29(20)12-4-5-12)13-6-3-10(18(26)30)7-14(13)22/h3,7-9,12-13H,4-6H2,1-2H3,(H2,26,30). The van der Waals surface area contributed by atoms with Crippen LogP contribution in [0, 0.1) is 17.5 Å². The van der Waals surface area contributed by atoms with Gasteiger partial charge >= 0.3 is 0 Å². The van der Waals surface area contributed by atoms with Crippen molar-refractivity contribution in [3.8, 4) is 5.75 Å². The topological polar surface area (TPSA) is 83.0 Å². The molecular formula is C21H20ClF3N4O2. The molecule has 4 rings (SSSR count). The molecule has 2 N–H and O–H groups in total. The number of carbonyl (C=O) groups excluding carboxylic acids is 1. The molecule has 1 unspecified atom stereocenters. The Labute approximate surface area is 181 Å². The number of hydrogen-bond acceptors (Lipinski definition) is 4. The second-order valence-corrected chi connectivity index (χ2v) is 8.57. The van der Waals surface area contributed by atoms with Crippen molar-refractivity contribution in [2.75, 3.05) is 0 Å². The van der Waals surface area contributed by atoms with E-state index in [9.17, 15) is 18.0 Å². The molecule has 31 heavy (non-hydrogen) atoms. The summed E-state index contributed by atoms with van der Waals surface area (Å²) in [6.45, 7) is 3.21. The molecule has 6 nitrogen and oxygen atoms in total. The zero-order valence-electron chi connectivity index (χ0n) is 16.8. The van der Waals surface area contributed by atoms with Crippen molar-refractivity contribution in [2.24, 2.45) is 5.73 Å². The van der Waals surface area contributed by atoms with E-state index in [-0.39, 0.29) is 12.0 Å². The predicted octanol–water partition coefficient (Wildman–Crippen LogP) is 4.37. The molecule has 0 aliphatic heterocycles. The second kappa shape index (κ2) is 7.71. The maximum atomic E-state index is 14.2. The predicted molar refractivity (Wildman–Crippen MR) is 107 cm³/mol. The van der Waals surface area contributed by atoms with E-state index in [4.69, 9.17) is 22.1 Å². The third-order valence-electron chi connectivity index (χ3n) is 5.29. The van der Waals surface area contributed by atoms with Gasteiger partial charge in [0.15, 0.2) is 28.8 Å². The van der Waals surface area contributed by atoms with Gasteiger partial charge in [0.1, 0.15) is 11.6 Å². The maximum Gasteiger partial charge on any atom is 0.248 e. The Balaban J connectivity index is 1.70. The lowest BCUT2D eigenvalue weighted by Gasteiger charge is -2.28. The lowest BCUT2D eigenvalue weighted by molar-refractivity contribution is -0.114. The van der Waals surface area contributed by atoms with Crippen LogP contribution in [0.1, 0.15) is 56.7 Å². The molecule has 1 aromatic heterocycles. The molecule has 1 heterocycles. The fourth-order valence-corrected chi connectivity index (χ4v) is 3.94. The Morgan fingerprint density at radius 2 is 1.87 bits per heavy atom. The zero-order valence-corrected chi connectivity index (χ0v) is 17.6. The Hall–Kier alpha value is -2.81. The molecule has 1 atom stereocenters. The smallest absolute Gasteiger partial charge is 0.248 e. The minimum absolute atomic E-state index is 0.0942. The molecule has 1 aromatic carbocycles. The normalized spacial score (nSPS) is 19.1. The molecule has 10 heteroatoms. The summed E-state index contributed by atoms with van der Waals surface area (Å²) in [7, 11) is 0. The van der Waals surface area contributed by atoms with Crippen molar-refractivity contribution in [2.45, 2.75) is 50.7 Å². The van der Waals surface area contributed by atoms with E-state index in [0.29, 0.717) is 40.8 Å². The largest absolute Gasteiger partial charge is 0.474 e. The second-order valence-electron chi connectivity index (χ2n) is 8.14. The Kier molecular flexibility index (Phi) is 5.33. The van der Waals surface area contributed by atoms with Gasteiger partial charge in [0.2, 0.25) is 5.91 Å². The van der Waals surface area contributed by atoms with E-state index < -0.39 is 34.7 Å². The Morgan fingerprint density at radius 1 is 1.23 bits per heavy atom. The summed E-state index contributed by atoms with van der Waals surface area (Å²) in [6, 6.07) is 1.21. The zero-order chi connectivity index (χ0) is 22.5. The highest BCUT2D eigenvalue weighted by atomic mass is 35.5. The van der Waals surface area contributed by atoms with Gasteiger partial charge in [-0.25, -0.2) is 13.2 Å². The minimum Gasteiger partial charge on any atom is -0.474 e. The fourth-order valence-electron chi connectivity index (χ4n) is 3.64. The summed E-state index contributed by atoms with van der Waals surface area (Å²) in [4.78, 5) is 11.4. The van der Waals surface area contributed by atoms with Crippen molar-refractivity contribution in [1.29, 1.82) is 0 Å². The summed E-state index contributed by atoms with van der Waals surface area (Å²) >= 11 is 6.43. The Morgan fingerprint density at radius 3 is 2.42 bits per heavy atom. The number of ether oxygens (including phenoxy) is 1. The van der Waals surface area contributed by atoms with Crippen LogP contribution in [-0.2, 0) is 10.4 Å². The van der Waals surface area contributed by atoms with E-state index in [0.717, 1.165) is 12.8 Å². The van der Waals surface area contributed by atoms with Gasteiger partial charge in [-0.2, -0.15) is 0 Å². The number of amides is 1. The van der Waals surface area contributed by atoms with Crippen LogP contribution in [0.15, 0.2) is 34.9 Å². The first kappa shape index (κ1) is 21.4. The molecule has 2 aromatic rings. The lowest BCUT2D eigenvalue weighted by atomic mass is 9.95. The molecule has 1 fully saturated rings. The number of nitrogens with zero attached hydrogens (tertiary/aromatic N) is 3. The van der Waals surface area contributed by atoms with Gasteiger partial charge in [0.05, 0.1) is 5.92 Å². The molecule has 0 bridgehead atoms. The van der Waals surface area contributed by atoms with Crippen molar-refractivity contribution in [1.82, 2.24) is 14.8 Å². The van der Waals surface area contributed by atoms with Gasteiger partial charge in [-0.15, -0.1) is 10.2 Å². The highest BCUT2D eigenvalue weighted by Gasteiger charge is 2.40. The number of rotatable bonds is 6. The number of carbonyl (C=O) groups is 1. The van der Waals surface area contributed by atoms with E-state index >= 15 is 0 Å². The van der Waals surface area contributed by atoms with Gasteiger partial charge in [0, 0.05) is 28.8 Å². The van der Waals surface area contributed by atoms with Gasteiger partial charge in [-0.05, 0) is 39.2 Å². The minimum atomic E-state index is -1.29. The summed E-state index contributed by atoms with van der Waals surface area (Å²) < 4.78 is 49.1. The first-order valence-electron chi connectivity index (χ1n) is 9.74. The van der Waals surface area contributed by atoms with E-state index in [2.05, 4.69) is 10.2 Å². The molecular weight excluding hydrogens is 433 g/mol. The van der Waals surface area contributed by atoms with Crippen molar-refractivity contribution in [3.05, 3.63) is 64.0 Å². The fraction of sp³-hybridized carbons (Fsp3) is 0.381. The molecule has 164 valence electrons. The summed E-state index contributed by atoms with van der Waals surface area (Å²) in [5.41, 5.74) is 4.36. The van der Waals surface area contributed by atoms with Crippen molar-refractivity contribution in [3.63, 3.8) is 0 Å². The number of aromatic nitrogens is 3. The SMILES string of the molecule is CC(C)(Oc1c(F)cc(F)cc1F)c1nnc(C2CC=C(C(N)=O)C=C2Cl)n1C1CC1. The molecule has 1 saturated carbocycles. The lowest BCUT2D eigenvalue weighted by Crippen LogP contribution is -2.31. The monoisotopic (exact) mass is 452 g/mol. The molecule has 0 radical (unpaired) electrons. The molecule has 2 aliphatic rings. The quantitative estimate of drug-likeness (QED) is 0.705. The van der Waals surface area contributed by atoms with Gasteiger partial charge in [-0.3, -0.25) is 4.79 Å². The number of benzene rings is 1. The van der Waals surface area contributed by atoms with E-state index in [1.807, 2.05) is 4.57 Å². The third kappa shape index (κ3) is 4.06. The van der Waals surface area contributed by atoms with Crippen molar-refractivity contribution >= 4 is 17.5 Å². The van der Waals surface area contributed by atoms with Gasteiger partial charge in [-0.1, -0.05) is 17.7 Å². The number of primary amides is 1. The van der Waals surface area contributed by atoms with Crippen LogP contribution in [0.5, 0.6) is 5.75 Å². The number of allylic oxidation sites excluding steroid dienone is 2. The molecule has 1 amide bonds. The van der Waals surface area contributed by atoms with Crippen LogP contribution in [0.4, 0.5) is 13.2 Å². The van der Waals surface area contributed by atoms with Crippen LogP contribution >= 0.6 is 11.6 Å². The summed E-state index contributed by atoms with van der Waals surface area (Å²) in [5, 5.41) is 8.95. The van der Waals surface area contributed by atoms with Crippen LogP contribution < -0.4 is 10.5 Å². The first-order valence-corrected chi connectivity index (χ1v) is 10.1. The highest BCUT2D eigenvalue weighted by molar-refractivity contribution is 6.31. The number of halogens is 4. The number of hydrogen-bond donors (Lipinski definition) is 1. The van der Waals surface area contributed by atoms with Crippen LogP contribution in [-0.4, -0.2) is 20.7 Å². The average Bonchev–Trinajstić information content (AvgIpc) is 3.42. The summed E-state index contributed by atoms with van der Waals surface area (Å²) in [5.74, 6) is -4.01. The third-order valence-corrected chi connectivity index (χ3v) is 5.66. The maximum absolute atomic E-state index is 14.2. The van der Waals surface area contributed by atoms with Crippen LogP contribution in [0.2, 0.25) is 0 Å². The van der Waals surface area contributed by atoms with Crippen molar-refractivity contribution < 1.29 is 22.7 Å². The molecule has 2 aliphatic carbocycles.